The number of primary amides is 1. The molecular formula is C15H17N5O3. The molecule has 8 nitrogen and oxygen atoms in total. The van der Waals surface area contributed by atoms with E-state index >= 15 is 0 Å². The molecule has 2 aromatic heterocycles. The molecule has 23 heavy (non-hydrogen) atoms. The second-order valence-electron chi connectivity index (χ2n) is 5.25. The minimum atomic E-state index is -0.645. The molecule has 0 atom stereocenters. The van der Waals surface area contributed by atoms with Gasteiger partial charge < -0.3 is 20.4 Å². The Labute approximate surface area is 132 Å². The lowest BCUT2D eigenvalue weighted by atomic mass is 10.3. The number of nitrogens with two attached hydrogens (primary N) is 1. The van der Waals surface area contributed by atoms with Crippen LogP contribution in [0.15, 0.2) is 28.8 Å². The lowest BCUT2D eigenvalue weighted by molar-refractivity contribution is 0.0942. The van der Waals surface area contributed by atoms with Crippen LogP contribution < -0.4 is 16.0 Å². The SMILES string of the molecule is NC(=O)c1ccc(CNC(=O)c2ccnc(N3CCCC3)n2)o1. The van der Waals surface area contributed by atoms with E-state index in [1.807, 2.05) is 0 Å². The first-order chi connectivity index (χ1) is 11.1. The van der Waals surface area contributed by atoms with E-state index in [1.54, 1.807) is 18.3 Å². The Morgan fingerprint density at radius 3 is 2.74 bits per heavy atom. The van der Waals surface area contributed by atoms with Crippen LogP contribution in [-0.4, -0.2) is 34.9 Å². The van der Waals surface area contributed by atoms with Gasteiger partial charge >= 0.3 is 0 Å². The van der Waals surface area contributed by atoms with Gasteiger partial charge in [-0.05, 0) is 31.0 Å². The maximum atomic E-state index is 12.2. The number of carbonyl (C=O) groups excluding carboxylic acids is 2. The molecule has 3 heterocycles. The van der Waals surface area contributed by atoms with Crippen molar-refractivity contribution in [2.24, 2.45) is 5.73 Å². The van der Waals surface area contributed by atoms with E-state index in [1.165, 1.54) is 6.07 Å². The maximum absolute atomic E-state index is 12.2. The van der Waals surface area contributed by atoms with Gasteiger partial charge in [-0.25, -0.2) is 9.97 Å². The fourth-order valence-corrected chi connectivity index (χ4v) is 2.41. The van der Waals surface area contributed by atoms with Crippen LogP contribution in [0.25, 0.3) is 0 Å². The smallest absolute Gasteiger partial charge is 0.284 e. The largest absolute Gasteiger partial charge is 0.454 e. The molecule has 1 fully saturated rings. The zero-order valence-corrected chi connectivity index (χ0v) is 12.5. The first kappa shape index (κ1) is 15.0. The number of hydrogen-bond donors (Lipinski definition) is 2. The summed E-state index contributed by atoms with van der Waals surface area (Å²) in [6.07, 6.45) is 3.80. The number of amides is 2. The number of hydrogen-bond acceptors (Lipinski definition) is 6. The highest BCUT2D eigenvalue weighted by Crippen LogP contribution is 2.15. The van der Waals surface area contributed by atoms with Crippen molar-refractivity contribution in [2.45, 2.75) is 19.4 Å². The Balaban J connectivity index is 1.63. The van der Waals surface area contributed by atoms with Crippen molar-refractivity contribution in [1.29, 1.82) is 0 Å². The molecule has 3 N–H and O–H groups in total. The average Bonchev–Trinajstić information content (AvgIpc) is 3.24. The molecular weight excluding hydrogens is 298 g/mol. The molecule has 0 radical (unpaired) electrons. The van der Waals surface area contributed by atoms with E-state index in [9.17, 15) is 9.59 Å². The molecule has 0 spiro atoms. The molecule has 2 aromatic rings. The highest BCUT2D eigenvalue weighted by atomic mass is 16.4. The number of rotatable bonds is 5. The third-order valence-electron chi connectivity index (χ3n) is 3.59. The molecule has 1 aliphatic rings. The normalized spacial score (nSPS) is 14.0. The first-order valence-electron chi connectivity index (χ1n) is 7.38. The lowest BCUT2D eigenvalue weighted by Gasteiger charge is -2.15. The highest BCUT2D eigenvalue weighted by Gasteiger charge is 2.17. The standard InChI is InChI=1S/C15H17N5O3/c16-13(21)12-4-3-10(23-12)9-18-14(22)11-5-6-17-15(19-11)20-7-1-2-8-20/h3-6H,1-2,7-9H2,(H2,16,21)(H,18,22). The van der Waals surface area contributed by atoms with Gasteiger partial charge in [0.1, 0.15) is 11.5 Å². The van der Waals surface area contributed by atoms with E-state index in [0.717, 1.165) is 25.9 Å². The molecule has 3 rings (SSSR count). The predicted octanol–water partition coefficient (Wildman–Crippen LogP) is 0.699. The van der Waals surface area contributed by atoms with E-state index < -0.39 is 5.91 Å². The second-order valence-corrected chi connectivity index (χ2v) is 5.25. The molecule has 1 aliphatic heterocycles. The summed E-state index contributed by atoms with van der Waals surface area (Å²) in [6.45, 7) is 1.97. The second kappa shape index (κ2) is 6.47. The summed E-state index contributed by atoms with van der Waals surface area (Å²) in [6, 6.07) is 4.63. The Bertz CT molecular complexity index is 721. The monoisotopic (exact) mass is 315 g/mol. The van der Waals surface area contributed by atoms with Gasteiger partial charge in [-0.1, -0.05) is 0 Å². The van der Waals surface area contributed by atoms with E-state index in [4.69, 9.17) is 10.2 Å². The van der Waals surface area contributed by atoms with Crippen LogP contribution >= 0.6 is 0 Å². The molecule has 120 valence electrons. The summed E-state index contributed by atoms with van der Waals surface area (Å²) in [7, 11) is 0. The van der Waals surface area contributed by atoms with Crippen molar-refractivity contribution < 1.29 is 14.0 Å². The minimum absolute atomic E-state index is 0.0626. The Kier molecular flexibility index (Phi) is 4.22. The van der Waals surface area contributed by atoms with Gasteiger partial charge in [0.05, 0.1) is 6.54 Å². The van der Waals surface area contributed by atoms with Crippen LogP contribution in [-0.2, 0) is 6.54 Å². The van der Waals surface area contributed by atoms with Crippen LogP contribution in [0, 0.1) is 0 Å². The third-order valence-corrected chi connectivity index (χ3v) is 3.59. The maximum Gasteiger partial charge on any atom is 0.284 e. The Hall–Kier alpha value is -2.90. The fraction of sp³-hybridized carbons (Fsp3) is 0.333. The average molecular weight is 315 g/mol. The van der Waals surface area contributed by atoms with Crippen molar-refractivity contribution in [1.82, 2.24) is 15.3 Å². The van der Waals surface area contributed by atoms with Crippen molar-refractivity contribution in [3.05, 3.63) is 41.6 Å². The predicted molar refractivity (Wildman–Crippen MR) is 81.9 cm³/mol. The minimum Gasteiger partial charge on any atom is -0.454 e. The number of carbonyl (C=O) groups is 2. The van der Waals surface area contributed by atoms with Gasteiger partial charge in [0, 0.05) is 19.3 Å². The zero-order valence-electron chi connectivity index (χ0n) is 12.5. The Morgan fingerprint density at radius 2 is 2.04 bits per heavy atom. The van der Waals surface area contributed by atoms with Gasteiger partial charge in [-0.3, -0.25) is 9.59 Å². The summed E-state index contributed by atoms with van der Waals surface area (Å²) < 4.78 is 5.21. The molecule has 0 saturated carbocycles. The topological polar surface area (TPSA) is 114 Å². The van der Waals surface area contributed by atoms with Gasteiger partial charge in [-0.15, -0.1) is 0 Å². The summed E-state index contributed by atoms with van der Waals surface area (Å²) >= 11 is 0. The van der Waals surface area contributed by atoms with E-state index in [-0.39, 0.29) is 18.2 Å². The van der Waals surface area contributed by atoms with Crippen LogP contribution in [0.4, 0.5) is 5.95 Å². The third kappa shape index (κ3) is 3.47. The number of nitrogens with zero attached hydrogens (tertiary/aromatic N) is 3. The number of nitrogens with one attached hydrogen (secondary N) is 1. The van der Waals surface area contributed by atoms with Crippen molar-refractivity contribution in [2.75, 3.05) is 18.0 Å². The van der Waals surface area contributed by atoms with Gasteiger partial charge in [0.2, 0.25) is 5.95 Å². The van der Waals surface area contributed by atoms with Gasteiger partial charge in [0.25, 0.3) is 11.8 Å². The Morgan fingerprint density at radius 1 is 1.26 bits per heavy atom. The molecule has 2 amide bonds. The molecule has 0 aliphatic carbocycles. The van der Waals surface area contributed by atoms with Crippen LogP contribution in [0.3, 0.4) is 0 Å². The number of furan rings is 1. The van der Waals surface area contributed by atoms with Gasteiger partial charge in [-0.2, -0.15) is 0 Å². The van der Waals surface area contributed by atoms with Crippen LogP contribution in [0.2, 0.25) is 0 Å². The summed E-state index contributed by atoms with van der Waals surface area (Å²) in [5.41, 5.74) is 5.40. The molecule has 0 unspecified atom stereocenters. The molecule has 8 heteroatoms. The van der Waals surface area contributed by atoms with E-state index in [0.29, 0.717) is 17.4 Å². The quantitative estimate of drug-likeness (QED) is 0.839. The number of aromatic nitrogens is 2. The molecule has 0 aromatic carbocycles. The first-order valence-corrected chi connectivity index (χ1v) is 7.38. The zero-order chi connectivity index (χ0) is 16.2. The summed E-state index contributed by atoms with van der Waals surface area (Å²) in [4.78, 5) is 33.7. The summed E-state index contributed by atoms with van der Waals surface area (Å²) in [5, 5.41) is 2.69. The van der Waals surface area contributed by atoms with Crippen molar-refractivity contribution in [3.8, 4) is 0 Å². The number of anilines is 1. The fourth-order valence-electron chi connectivity index (χ4n) is 2.41. The van der Waals surface area contributed by atoms with Gasteiger partial charge in [0.15, 0.2) is 5.76 Å². The highest BCUT2D eigenvalue weighted by molar-refractivity contribution is 5.92. The van der Waals surface area contributed by atoms with Crippen LogP contribution in [0.1, 0.15) is 39.6 Å². The van der Waals surface area contributed by atoms with Crippen molar-refractivity contribution in [3.63, 3.8) is 0 Å². The van der Waals surface area contributed by atoms with Crippen molar-refractivity contribution >= 4 is 17.8 Å². The molecule has 1 saturated heterocycles. The lowest BCUT2D eigenvalue weighted by Crippen LogP contribution is -2.26. The van der Waals surface area contributed by atoms with E-state index in [2.05, 4.69) is 20.2 Å². The summed E-state index contributed by atoms with van der Waals surface area (Å²) in [5.74, 6) is 0.108. The van der Waals surface area contributed by atoms with Crippen LogP contribution in [0.5, 0.6) is 0 Å². The molecule has 0 bridgehead atoms.